The monoisotopic (exact) mass is 209 g/mol. The normalized spacial score (nSPS) is 26.5. The van der Waals surface area contributed by atoms with Crippen molar-refractivity contribution >= 4 is 0 Å². The van der Waals surface area contributed by atoms with Gasteiger partial charge in [-0.2, -0.15) is 0 Å². The lowest BCUT2D eigenvalue weighted by atomic mass is 9.83. The van der Waals surface area contributed by atoms with E-state index in [2.05, 4.69) is 24.9 Å². The first-order chi connectivity index (χ1) is 7.36. The van der Waals surface area contributed by atoms with Gasteiger partial charge in [0.25, 0.3) is 0 Å². The molecule has 2 atom stereocenters. The zero-order valence-corrected chi connectivity index (χ0v) is 10.3. The third-order valence-electron chi connectivity index (χ3n) is 3.49. The molecule has 0 aliphatic heterocycles. The minimum Gasteiger partial charge on any atom is -0.314 e. The Hall–Kier alpha value is -0.300. The summed E-state index contributed by atoms with van der Waals surface area (Å²) in [5.74, 6) is 0.980. The summed E-state index contributed by atoms with van der Waals surface area (Å²) in [5.41, 5.74) is 0. The summed E-state index contributed by atoms with van der Waals surface area (Å²) in [6.07, 6.45) is 13.0. The van der Waals surface area contributed by atoms with E-state index in [0.717, 1.165) is 12.0 Å². The van der Waals surface area contributed by atoms with Crippen molar-refractivity contribution in [3.8, 4) is 0 Å². The van der Waals surface area contributed by atoms with Crippen LogP contribution in [0.2, 0.25) is 0 Å². The van der Waals surface area contributed by atoms with Crippen LogP contribution in [0.15, 0.2) is 12.7 Å². The van der Waals surface area contributed by atoms with Crippen LogP contribution in [0.4, 0.5) is 0 Å². The van der Waals surface area contributed by atoms with Crippen LogP contribution in [-0.2, 0) is 0 Å². The Morgan fingerprint density at radius 2 is 2.27 bits per heavy atom. The highest BCUT2D eigenvalue weighted by atomic mass is 14.9. The van der Waals surface area contributed by atoms with E-state index in [0.29, 0.717) is 0 Å². The third-order valence-corrected chi connectivity index (χ3v) is 3.49. The molecule has 1 N–H and O–H groups in total. The SMILES string of the molecule is C=CCCCC1CCCC(NCCC)C1. The second kappa shape index (κ2) is 7.92. The molecular weight excluding hydrogens is 182 g/mol. The Morgan fingerprint density at radius 3 is 3.00 bits per heavy atom. The maximum Gasteiger partial charge on any atom is 0.00697 e. The van der Waals surface area contributed by atoms with Gasteiger partial charge in [-0.3, -0.25) is 0 Å². The first-order valence-electron chi connectivity index (χ1n) is 6.71. The molecule has 1 fully saturated rings. The molecule has 0 bridgehead atoms. The lowest BCUT2D eigenvalue weighted by Gasteiger charge is -2.29. The van der Waals surface area contributed by atoms with E-state index in [1.54, 1.807) is 0 Å². The maximum atomic E-state index is 3.79. The Balaban J connectivity index is 2.13. The molecule has 0 heterocycles. The number of unbranched alkanes of at least 4 members (excludes halogenated alkanes) is 1. The zero-order chi connectivity index (χ0) is 10.9. The van der Waals surface area contributed by atoms with E-state index in [1.807, 2.05) is 0 Å². The molecule has 0 aromatic carbocycles. The zero-order valence-electron chi connectivity index (χ0n) is 10.3. The standard InChI is InChI=1S/C14H27N/c1-3-5-6-8-13-9-7-10-14(12-13)15-11-4-2/h3,13-15H,1,4-12H2,2H3. The molecule has 1 aliphatic rings. The first kappa shape index (κ1) is 12.8. The van der Waals surface area contributed by atoms with Crippen LogP contribution in [0.1, 0.15) is 58.3 Å². The van der Waals surface area contributed by atoms with E-state index in [-0.39, 0.29) is 0 Å². The van der Waals surface area contributed by atoms with Gasteiger partial charge in [0, 0.05) is 6.04 Å². The van der Waals surface area contributed by atoms with E-state index >= 15 is 0 Å². The van der Waals surface area contributed by atoms with Crippen LogP contribution in [0, 0.1) is 5.92 Å². The second-order valence-corrected chi connectivity index (χ2v) is 4.90. The summed E-state index contributed by atoms with van der Waals surface area (Å²) in [6.45, 7) is 7.23. The molecule has 2 unspecified atom stereocenters. The van der Waals surface area contributed by atoms with Crippen LogP contribution < -0.4 is 5.32 Å². The van der Waals surface area contributed by atoms with Crippen molar-refractivity contribution in [2.24, 2.45) is 5.92 Å². The van der Waals surface area contributed by atoms with Crippen molar-refractivity contribution in [1.82, 2.24) is 5.32 Å². The van der Waals surface area contributed by atoms with Gasteiger partial charge in [0.05, 0.1) is 0 Å². The molecule has 0 aromatic heterocycles. The molecule has 88 valence electrons. The maximum absolute atomic E-state index is 3.79. The second-order valence-electron chi connectivity index (χ2n) is 4.90. The smallest absolute Gasteiger partial charge is 0.00697 e. The number of nitrogens with one attached hydrogen (secondary N) is 1. The predicted molar refractivity (Wildman–Crippen MR) is 68.1 cm³/mol. The average molecular weight is 209 g/mol. The predicted octanol–water partition coefficient (Wildman–Crippen LogP) is 3.90. The lowest BCUT2D eigenvalue weighted by Crippen LogP contribution is -2.34. The van der Waals surface area contributed by atoms with Gasteiger partial charge in [-0.15, -0.1) is 6.58 Å². The summed E-state index contributed by atoms with van der Waals surface area (Å²) in [6, 6.07) is 0.812. The highest BCUT2D eigenvalue weighted by Gasteiger charge is 2.20. The van der Waals surface area contributed by atoms with Crippen molar-refractivity contribution in [2.75, 3.05) is 6.54 Å². The molecule has 15 heavy (non-hydrogen) atoms. The molecular formula is C14H27N. The van der Waals surface area contributed by atoms with E-state index in [1.165, 1.54) is 57.9 Å². The molecule has 0 aromatic rings. The van der Waals surface area contributed by atoms with Crippen LogP contribution in [0.5, 0.6) is 0 Å². The van der Waals surface area contributed by atoms with Crippen LogP contribution in [0.3, 0.4) is 0 Å². The van der Waals surface area contributed by atoms with E-state index in [9.17, 15) is 0 Å². The highest BCUT2D eigenvalue weighted by Crippen LogP contribution is 2.28. The van der Waals surface area contributed by atoms with Crippen LogP contribution >= 0.6 is 0 Å². The number of hydrogen-bond donors (Lipinski definition) is 1. The fraction of sp³-hybridized carbons (Fsp3) is 0.857. The summed E-state index contributed by atoms with van der Waals surface area (Å²) < 4.78 is 0. The van der Waals surface area contributed by atoms with Gasteiger partial charge in [0.15, 0.2) is 0 Å². The summed E-state index contributed by atoms with van der Waals surface area (Å²) in [4.78, 5) is 0. The summed E-state index contributed by atoms with van der Waals surface area (Å²) in [5, 5.41) is 3.67. The van der Waals surface area contributed by atoms with Gasteiger partial charge in [-0.05, 0) is 44.6 Å². The van der Waals surface area contributed by atoms with Gasteiger partial charge in [0.2, 0.25) is 0 Å². The molecule has 0 spiro atoms. The van der Waals surface area contributed by atoms with Gasteiger partial charge in [-0.1, -0.05) is 32.3 Å². The minimum absolute atomic E-state index is 0.812. The van der Waals surface area contributed by atoms with Gasteiger partial charge >= 0.3 is 0 Å². The number of allylic oxidation sites excluding steroid dienone is 1. The molecule has 0 amide bonds. The van der Waals surface area contributed by atoms with Crippen LogP contribution in [0.25, 0.3) is 0 Å². The topological polar surface area (TPSA) is 12.0 Å². The Bertz CT molecular complexity index is 165. The molecule has 0 radical (unpaired) electrons. The fourth-order valence-electron chi connectivity index (χ4n) is 2.64. The quantitative estimate of drug-likeness (QED) is 0.495. The van der Waals surface area contributed by atoms with Crippen LogP contribution in [-0.4, -0.2) is 12.6 Å². The van der Waals surface area contributed by atoms with Gasteiger partial charge in [-0.25, -0.2) is 0 Å². The first-order valence-corrected chi connectivity index (χ1v) is 6.71. The lowest BCUT2D eigenvalue weighted by molar-refractivity contribution is 0.270. The average Bonchev–Trinajstić information content (AvgIpc) is 2.27. The van der Waals surface area contributed by atoms with Crippen molar-refractivity contribution in [3.63, 3.8) is 0 Å². The minimum atomic E-state index is 0.812. The number of hydrogen-bond acceptors (Lipinski definition) is 1. The molecule has 1 rings (SSSR count). The molecule has 1 saturated carbocycles. The summed E-state index contributed by atoms with van der Waals surface area (Å²) in [7, 11) is 0. The highest BCUT2D eigenvalue weighted by molar-refractivity contribution is 4.78. The summed E-state index contributed by atoms with van der Waals surface area (Å²) >= 11 is 0. The molecule has 1 heteroatoms. The van der Waals surface area contributed by atoms with E-state index < -0.39 is 0 Å². The van der Waals surface area contributed by atoms with Crippen molar-refractivity contribution < 1.29 is 0 Å². The third kappa shape index (κ3) is 5.36. The fourth-order valence-corrected chi connectivity index (χ4v) is 2.64. The Morgan fingerprint density at radius 1 is 1.40 bits per heavy atom. The molecule has 0 saturated heterocycles. The molecule has 1 nitrogen and oxygen atoms in total. The van der Waals surface area contributed by atoms with Gasteiger partial charge in [0.1, 0.15) is 0 Å². The van der Waals surface area contributed by atoms with Crippen molar-refractivity contribution in [2.45, 2.75) is 64.3 Å². The number of rotatable bonds is 7. The largest absolute Gasteiger partial charge is 0.314 e. The Labute approximate surface area is 95.3 Å². The Kier molecular flexibility index (Phi) is 6.74. The van der Waals surface area contributed by atoms with E-state index in [4.69, 9.17) is 0 Å². The van der Waals surface area contributed by atoms with Gasteiger partial charge < -0.3 is 5.32 Å². The van der Waals surface area contributed by atoms with Crippen molar-refractivity contribution in [1.29, 1.82) is 0 Å². The van der Waals surface area contributed by atoms with Crippen molar-refractivity contribution in [3.05, 3.63) is 12.7 Å². The molecule has 1 aliphatic carbocycles.